The van der Waals surface area contributed by atoms with Crippen LogP contribution in [0.3, 0.4) is 0 Å². The van der Waals surface area contributed by atoms with E-state index < -0.39 is 53.6 Å². The molecule has 3 amide bonds. The van der Waals surface area contributed by atoms with Gasteiger partial charge in [0, 0.05) is 37.6 Å². The van der Waals surface area contributed by atoms with E-state index in [9.17, 15) is 19.5 Å². The Bertz CT molecular complexity index is 1680. The minimum absolute atomic E-state index is 0.0188. The first-order valence-corrected chi connectivity index (χ1v) is 18.4. The zero-order valence-electron chi connectivity index (χ0n) is 28.5. The number of carbonyl (C=O) groups is 4. The average molecular weight is 769 g/mol. The molecule has 50 heavy (non-hydrogen) atoms. The molecule has 2 aromatic rings. The Morgan fingerprint density at radius 3 is 2.46 bits per heavy atom. The van der Waals surface area contributed by atoms with Gasteiger partial charge < -0.3 is 29.3 Å². The number of anilines is 1. The molecular formula is C38H43BrClN3O7. The Labute approximate surface area is 306 Å². The minimum Gasteiger partial charge on any atom is -0.455 e. The van der Waals surface area contributed by atoms with Crippen molar-refractivity contribution in [1.82, 2.24) is 9.80 Å². The molecule has 1 spiro atoms. The summed E-state index contributed by atoms with van der Waals surface area (Å²) >= 11 is 10.4. The number of hydrogen-bond acceptors (Lipinski definition) is 7. The topological polar surface area (TPSA) is 117 Å². The number of ether oxygens (including phenoxy) is 2. The third-order valence-electron chi connectivity index (χ3n) is 10.5. The maximum absolute atomic E-state index is 15.1. The van der Waals surface area contributed by atoms with Crippen molar-refractivity contribution in [3.05, 3.63) is 87.4 Å². The van der Waals surface area contributed by atoms with E-state index in [-0.39, 0.29) is 37.9 Å². The van der Waals surface area contributed by atoms with Crippen LogP contribution >= 0.6 is 27.5 Å². The van der Waals surface area contributed by atoms with Gasteiger partial charge in [-0.05, 0) is 62.8 Å². The van der Waals surface area contributed by atoms with Crippen molar-refractivity contribution in [2.75, 3.05) is 31.6 Å². The van der Waals surface area contributed by atoms with Crippen LogP contribution in [0.1, 0.15) is 56.3 Å². The molecule has 6 rings (SSSR count). The molecule has 2 saturated heterocycles. The van der Waals surface area contributed by atoms with Gasteiger partial charge in [-0.25, -0.2) is 0 Å². The molecule has 0 unspecified atom stereocenters. The summed E-state index contributed by atoms with van der Waals surface area (Å²) in [5.74, 6) is -3.61. The first-order chi connectivity index (χ1) is 24.0. The molecule has 2 fully saturated rings. The lowest BCUT2D eigenvalue weighted by Gasteiger charge is -2.36. The van der Waals surface area contributed by atoms with Crippen LogP contribution in [0.5, 0.6) is 0 Å². The van der Waals surface area contributed by atoms with Crippen molar-refractivity contribution in [1.29, 1.82) is 0 Å². The number of aryl methyl sites for hydroxylation is 1. The van der Waals surface area contributed by atoms with E-state index in [1.165, 1.54) is 0 Å². The predicted octanol–water partition coefficient (Wildman–Crippen LogP) is 5.50. The number of rotatable bonds is 7. The summed E-state index contributed by atoms with van der Waals surface area (Å²) in [5, 5.41) is 9.80. The number of benzene rings is 2. The Balaban J connectivity index is 1.49. The fourth-order valence-electron chi connectivity index (χ4n) is 7.88. The molecule has 7 atom stereocenters. The number of aliphatic hydroxyl groups excluding tert-OH is 1. The molecule has 0 aromatic heterocycles. The number of likely N-dealkylation sites (N-methyl/N-ethyl adjacent to an activating group) is 1. The lowest BCUT2D eigenvalue weighted by atomic mass is 9.74. The van der Waals surface area contributed by atoms with Crippen molar-refractivity contribution >= 4 is 56.9 Å². The quantitative estimate of drug-likeness (QED) is 0.225. The zero-order valence-corrected chi connectivity index (χ0v) is 30.8. The van der Waals surface area contributed by atoms with E-state index in [0.717, 1.165) is 5.56 Å². The van der Waals surface area contributed by atoms with Gasteiger partial charge in [0.1, 0.15) is 29.8 Å². The molecule has 4 aliphatic heterocycles. The molecule has 5 bridgehead atoms. The van der Waals surface area contributed by atoms with Crippen LogP contribution in [-0.4, -0.2) is 89.1 Å². The summed E-state index contributed by atoms with van der Waals surface area (Å²) in [6.45, 7) is 4.09. The zero-order chi connectivity index (χ0) is 35.7. The number of carbonyl (C=O) groups excluding carboxylic acids is 4. The highest BCUT2D eigenvalue weighted by atomic mass is 79.9. The smallest absolute Gasteiger partial charge is 0.313 e. The van der Waals surface area contributed by atoms with Gasteiger partial charge >= 0.3 is 5.97 Å². The highest BCUT2D eigenvalue weighted by Crippen LogP contribution is 2.59. The average Bonchev–Trinajstić information content (AvgIpc) is 3.69. The summed E-state index contributed by atoms with van der Waals surface area (Å²) < 4.78 is 13.6. The molecule has 2 aromatic carbocycles. The SMILES string of the molecule is Cc1cccc(Cl)c1N1C/C=C\CCC(=O)N(C)[C@H](C)[C@@H](c2ccccc2)OC(=O)[C@@H]2[C@H]3O[C@@]4(C=C3Br)[C@H](C1=O)N(CCCCCO)C(=O)[C@@H]24. The number of cyclic esters (lactones) is 1. The number of halogens is 2. The lowest BCUT2D eigenvalue weighted by Crippen LogP contribution is -2.56. The van der Waals surface area contributed by atoms with Crippen LogP contribution in [0.2, 0.25) is 5.02 Å². The van der Waals surface area contributed by atoms with Crippen LogP contribution in [0.15, 0.2) is 71.2 Å². The van der Waals surface area contributed by atoms with E-state index in [1.807, 2.05) is 68.5 Å². The van der Waals surface area contributed by atoms with Crippen LogP contribution in [0.25, 0.3) is 0 Å². The maximum Gasteiger partial charge on any atom is 0.313 e. The second-order valence-electron chi connectivity index (χ2n) is 13.5. The van der Waals surface area contributed by atoms with Crippen LogP contribution < -0.4 is 4.90 Å². The van der Waals surface area contributed by atoms with E-state index in [1.54, 1.807) is 33.9 Å². The van der Waals surface area contributed by atoms with Gasteiger partial charge in [-0.15, -0.1) is 0 Å². The van der Waals surface area contributed by atoms with Crippen molar-refractivity contribution in [2.24, 2.45) is 11.8 Å². The highest BCUT2D eigenvalue weighted by molar-refractivity contribution is 9.11. The molecule has 0 saturated carbocycles. The second kappa shape index (κ2) is 15.0. The Kier molecular flexibility index (Phi) is 10.9. The van der Waals surface area contributed by atoms with Crippen molar-refractivity contribution in [3.63, 3.8) is 0 Å². The van der Waals surface area contributed by atoms with Gasteiger partial charge in [-0.3, -0.25) is 19.2 Å². The first-order valence-electron chi connectivity index (χ1n) is 17.2. The minimum atomic E-state index is -1.45. The summed E-state index contributed by atoms with van der Waals surface area (Å²) in [6.07, 6.45) is 6.20. The number of para-hydroxylation sites is 1. The van der Waals surface area contributed by atoms with E-state index in [2.05, 4.69) is 15.9 Å². The molecular weight excluding hydrogens is 726 g/mol. The van der Waals surface area contributed by atoms with Gasteiger partial charge in [0.05, 0.1) is 22.7 Å². The van der Waals surface area contributed by atoms with Gasteiger partial charge in [-0.1, -0.05) is 82.1 Å². The van der Waals surface area contributed by atoms with Crippen LogP contribution in [-0.2, 0) is 28.7 Å². The molecule has 266 valence electrons. The maximum atomic E-state index is 15.1. The summed E-state index contributed by atoms with van der Waals surface area (Å²) in [4.78, 5) is 62.4. The molecule has 1 N–H and O–H groups in total. The monoisotopic (exact) mass is 767 g/mol. The Morgan fingerprint density at radius 1 is 0.980 bits per heavy atom. The van der Waals surface area contributed by atoms with E-state index in [4.69, 9.17) is 21.1 Å². The largest absolute Gasteiger partial charge is 0.455 e. The van der Waals surface area contributed by atoms with Crippen molar-refractivity contribution < 1.29 is 33.8 Å². The van der Waals surface area contributed by atoms with Crippen LogP contribution in [0, 0.1) is 18.8 Å². The first kappa shape index (κ1) is 36.3. The van der Waals surface area contributed by atoms with Gasteiger partial charge in [0.15, 0.2) is 0 Å². The molecule has 4 heterocycles. The molecule has 0 aliphatic carbocycles. The van der Waals surface area contributed by atoms with Gasteiger partial charge in [0.25, 0.3) is 5.91 Å². The number of allylic oxidation sites excluding steroid dienone is 1. The molecule has 12 heteroatoms. The third kappa shape index (κ3) is 6.42. The summed E-state index contributed by atoms with van der Waals surface area (Å²) in [7, 11) is 1.70. The number of esters is 1. The normalized spacial score (nSPS) is 30.8. The highest BCUT2D eigenvalue weighted by Gasteiger charge is 2.75. The van der Waals surface area contributed by atoms with E-state index >= 15 is 4.79 Å². The summed E-state index contributed by atoms with van der Waals surface area (Å²) in [6, 6.07) is 13.0. The van der Waals surface area contributed by atoms with Crippen molar-refractivity contribution in [3.8, 4) is 0 Å². The Morgan fingerprint density at radius 2 is 1.74 bits per heavy atom. The number of fused-ring (bicyclic) bond motifs is 2. The molecule has 4 aliphatic rings. The predicted molar refractivity (Wildman–Crippen MR) is 192 cm³/mol. The standard InChI is InChI=1S/C38H43BrClN3O7/c1-23-14-13-17-27(40)31(23)42-19-10-5-9-18-28(45)41(3)24(2)32(25-15-7-4-8-16-25)49-37(48)29-30-35(46)43(20-11-6-12-21-44)34(36(42)47)38(30)22-26(39)33(29)50-38/h4-5,7-8,10,13-17,22,24,29-30,32-34,44H,6,9,11-12,18-21H2,1-3H3/b10-5-/t24-,29+,30-,32+,33+,34+,38-/m1/s1. The van der Waals surface area contributed by atoms with Crippen molar-refractivity contribution in [2.45, 2.75) is 75.8 Å². The lowest BCUT2D eigenvalue weighted by molar-refractivity contribution is -0.164. The van der Waals surface area contributed by atoms with Gasteiger partial charge in [-0.2, -0.15) is 0 Å². The molecule has 10 nitrogen and oxygen atoms in total. The number of unbranched alkanes of at least 4 members (excludes halogenated alkanes) is 2. The number of hydrogen-bond donors (Lipinski definition) is 1. The van der Waals surface area contributed by atoms with Gasteiger partial charge in [0.2, 0.25) is 11.8 Å². The number of aliphatic hydroxyl groups is 1. The number of nitrogens with zero attached hydrogens (tertiary/aromatic N) is 3. The number of amides is 3. The van der Waals surface area contributed by atoms with Crippen LogP contribution in [0.4, 0.5) is 5.69 Å². The second-order valence-corrected chi connectivity index (χ2v) is 14.8. The molecule has 0 radical (unpaired) electrons. The van der Waals surface area contributed by atoms with E-state index in [0.29, 0.717) is 46.4 Å². The fourth-order valence-corrected chi connectivity index (χ4v) is 8.94. The fraction of sp³-hybridized carbons (Fsp3) is 0.474. The Hall–Kier alpha value is -3.51. The third-order valence-corrected chi connectivity index (χ3v) is 11.5. The number of likely N-dealkylation sites (tertiary alicyclic amines) is 1. The summed E-state index contributed by atoms with van der Waals surface area (Å²) in [5.41, 5.74) is 0.535.